The summed E-state index contributed by atoms with van der Waals surface area (Å²) in [5.74, 6) is -1.47. The van der Waals surface area contributed by atoms with Gasteiger partial charge in [-0.2, -0.15) is 0 Å². The van der Waals surface area contributed by atoms with Crippen molar-refractivity contribution < 1.29 is 19.8 Å². The van der Waals surface area contributed by atoms with Gasteiger partial charge in [0.05, 0.1) is 12.2 Å². The van der Waals surface area contributed by atoms with Crippen LogP contribution in [-0.2, 0) is 0 Å². The number of aromatic carboxylic acids is 1. The van der Waals surface area contributed by atoms with Gasteiger partial charge in [-0.3, -0.25) is 4.79 Å². The summed E-state index contributed by atoms with van der Waals surface area (Å²) in [6.07, 6.45) is 0. The van der Waals surface area contributed by atoms with Crippen molar-refractivity contribution in [2.45, 2.75) is 0 Å². The molecule has 1 amide bonds. The van der Waals surface area contributed by atoms with Crippen molar-refractivity contribution in [1.82, 2.24) is 5.32 Å². The van der Waals surface area contributed by atoms with Crippen LogP contribution < -0.4 is 5.32 Å². The first-order chi connectivity index (χ1) is 7.15. The van der Waals surface area contributed by atoms with E-state index in [-0.39, 0.29) is 24.3 Å². The Bertz CT molecular complexity index is 375. The van der Waals surface area contributed by atoms with Crippen LogP contribution in [-0.4, -0.2) is 35.2 Å². The van der Waals surface area contributed by atoms with Crippen molar-refractivity contribution in [3.63, 3.8) is 0 Å². The van der Waals surface area contributed by atoms with E-state index in [9.17, 15) is 9.59 Å². The van der Waals surface area contributed by atoms with Crippen molar-refractivity contribution in [1.29, 1.82) is 0 Å². The van der Waals surface area contributed by atoms with Crippen molar-refractivity contribution >= 4 is 11.9 Å². The van der Waals surface area contributed by atoms with E-state index < -0.39 is 11.9 Å². The Hall–Kier alpha value is -1.88. The SMILES string of the molecule is O=C(O)c1cccc(C(=O)NCCO)c1. The molecule has 0 bridgehead atoms. The molecular weight excluding hydrogens is 198 g/mol. The molecule has 0 atom stereocenters. The molecule has 0 saturated carbocycles. The van der Waals surface area contributed by atoms with Gasteiger partial charge in [0.15, 0.2) is 0 Å². The summed E-state index contributed by atoms with van der Waals surface area (Å²) in [5.41, 5.74) is 0.329. The van der Waals surface area contributed by atoms with Crippen LogP contribution in [0.4, 0.5) is 0 Å². The molecule has 80 valence electrons. The molecule has 0 radical (unpaired) electrons. The zero-order chi connectivity index (χ0) is 11.3. The van der Waals surface area contributed by atoms with Crippen LogP contribution >= 0.6 is 0 Å². The number of carboxylic acid groups (broad SMARTS) is 1. The fourth-order valence-corrected chi connectivity index (χ4v) is 1.06. The molecule has 0 heterocycles. The lowest BCUT2D eigenvalue weighted by molar-refractivity contribution is 0.0697. The highest BCUT2D eigenvalue weighted by molar-refractivity contribution is 5.97. The largest absolute Gasteiger partial charge is 0.478 e. The Kier molecular flexibility index (Phi) is 3.82. The van der Waals surface area contributed by atoms with Crippen LogP contribution in [0.5, 0.6) is 0 Å². The number of nitrogens with one attached hydrogen (secondary N) is 1. The molecule has 0 aromatic heterocycles. The second-order valence-electron chi connectivity index (χ2n) is 2.87. The average Bonchev–Trinajstić information content (AvgIpc) is 2.26. The number of carbonyl (C=O) groups excluding carboxylic acids is 1. The van der Waals surface area contributed by atoms with E-state index in [0.717, 1.165) is 0 Å². The zero-order valence-corrected chi connectivity index (χ0v) is 7.93. The number of rotatable bonds is 4. The van der Waals surface area contributed by atoms with Crippen molar-refractivity contribution in [3.05, 3.63) is 35.4 Å². The monoisotopic (exact) mass is 209 g/mol. The number of aliphatic hydroxyl groups is 1. The summed E-state index contributed by atoms with van der Waals surface area (Å²) in [5, 5.41) is 19.6. The number of amides is 1. The summed E-state index contributed by atoms with van der Waals surface area (Å²) < 4.78 is 0. The lowest BCUT2D eigenvalue weighted by Gasteiger charge is -2.03. The van der Waals surface area contributed by atoms with Gasteiger partial charge in [0.2, 0.25) is 0 Å². The number of hydrogen-bond acceptors (Lipinski definition) is 3. The molecule has 1 aromatic carbocycles. The molecule has 1 aromatic rings. The normalized spacial score (nSPS) is 9.67. The fraction of sp³-hybridized carbons (Fsp3) is 0.200. The Labute approximate surface area is 86.4 Å². The lowest BCUT2D eigenvalue weighted by Crippen LogP contribution is -2.26. The van der Waals surface area contributed by atoms with Gasteiger partial charge in [0.1, 0.15) is 0 Å². The molecule has 1 rings (SSSR count). The van der Waals surface area contributed by atoms with Crippen molar-refractivity contribution in [2.75, 3.05) is 13.2 Å². The maximum atomic E-state index is 11.4. The van der Waals surface area contributed by atoms with Gasteiger partial charge in [-0.15, -0.1) is 0 Å². The molecule has 5 nitrogen and oxygen atoms in total. The van der Waals surface area contributed by atoms with Gasteiger partial charge in [-0.1, -0.05) is 6.07 Å². The molecule has 0 aliphatic carbocycles. The highest BCUT2D eigenvalue weighted by atomic mass is 16.4. The van der Waals surface area contributed by atoms with E-state index >= 15 is 0 Å². The predicted molar refractivity (Wildman–Crippen MR) is 52.8 cm³/mol. The van der Waals surface area contributed by atoms with E-state index in [1.807, 2.05) is 0 Å². The lowest BCUT2D eigenvalue weighted by atomic mass is 10.1. The van der Waals surface area contributed by atoms with Crippen LogP contribution in [0.3, 0.4) is 0 Å². The van der Waals surface area contributed by atoms with Crippen LogP contribution in [0.15, 0.2) is 24.3 Å². The van der Waals surface area contributed by atoms with Gasteiger partial charge < -0.3 is 15.5 Å². The Morgan fingerprint density at radius 2 is 1.93 bits per heavy atom. The minimum Gasteiger partial charge on any atom is -0.478 e. The van der Waals surface area contributed by atoms with Crippen LogP contribution in [0.1, 0.15) is 20.7 Å². The van der Waals surface area contributed by atoms with E-state index in [2.05, 4.69) is 5.32 Å². The van der Waals surface area contributed by atoms with Crippen LogP contribution in [0, 0.1) is 0 Å². The average molecular weight is 209 g/mol. The maximum absolute atomic E-state index is 11.4. The minimum absolute atomic E-state index is 0.0617. The quantitative estimate of drug-likeness (QED) is 0.656. The summed E-state index contributed by atoms with van der Waals surface area (Å²) in [7, 11) is 0. The van der Waals surface area contributed by atoms with E-state index in [0.29, 0.717) is 0 Å². The second-order valence-corrected chi connectivity index (χ2v) is 2.87. The predicted octanol–water partition coefficient (Wildman–Crippen LogP) is 0.107. The molecular formula is C10H11NO4. The van der Waals surface area contributed by atoms with E-state index in [1.165, 1.54) is 24.3 Å². The molecule has 0 unspecified atom stereocenters. The van der Waals surface area contributed by atoms with Crippen LogP contribution in [0.25, 0.3) is 0 Å². The number of carboxylic acids is 1. The van der Waals surface area contributed by atoms with Gasteiger partial charge in [0.25, 0.3) is 5.91 Å². The first-order valence-electron chi connectivity index (χ1n) is 4.37. The Morgan fingerprint density at radius 1 is 1.27 bits per heavy atom. The number of hydrogen-bond donors (Lipinski definition) is 3. The first-order valence-corrected chi connectivity index (χ1v) is 4.37. The Balaban J connectivity index is 2.81. The first kappa shape index (κ1) is 11.2. The van der Waals surface area contributed by atoms with Gasteiger partial charge in [0, 0.05) is 12.1 Å². The molecule has 0 spiro atoms. The third-order valence-corrected chi connectivity index (χ3v) is 1.77. The third kappa shape index (κ3) is 3.07. The zero-order valence-electron chi connectivity index (χ0n) is 7.93. The molecule has 3 N–H and O–H groups in total. The van der Waals surface area contributed by atoms with Gasteiger partial charge in [-0.25, -0.2) is 4.79 Å². The minimum atomic E-state index is -1.08. The van der Waals surface area contributed by atoms with E-state index in [1.54, 1.807) is 0 Å². The van der Waals surface area contributed by atoms with Crippen molar-refractivity contribution in [2.24, 2.45) is 0 Å². The smallest absolute Gasteiger partial charge is 0.335 e. The number of carbonyl (C=O) groups is 2. The number of aliphatic hydroxyl groups excluding tert-OH is 1. The third-order valence-electron chi connectivity index (χ3n) is 1.77. The summed E-state index contributed by atoms with van der Waals surface area (Å²) in [4.78, 5) is 22.0. The molecule has 0 saturated heterocycles. The molecule has 5 heteroatoms. The fourth-order valence-electron chi connectivity index (χ4n) is 1.06. The summed E-state index contributed by atoms with van der Waals surface area (Å²) in [6, 6.07) is 5.71. The second kappa shape index (κ2) is 5.11. The van der Waals surface area contributed by atoms with Gasteiger partial charge in [-0.05, 0) is 18.2 Å². The number of benzene rings is 1. The highest BCUT2D eigenvalue weighted by Gasteiger charge is 2.08. The van der Waals surface area contributed by atoms with Crippen LogP contribution in [0.2, 0.25) is 0 Å². The highest BCUT2D eigenvalue weighted by Crippen LogP contribution is 2.04. The molecule has 0 aliphatic heterocycles. The molecule has 15 heavy (non-hydrogen) atoms. The van der Waals surface area contributed by atoms with E-state index in [4.69, 9.17) is 10.2 Å². The topological polar surface area (TPSA) is 86.6 Å². The standard InChI is InChI=1S/C10H11NO4/c12-5-4-11-9(13)7-2-1-3-8(6-7)10(14)15/h1-3,6,12H,4-5H2,(H,11,13)(H,14,15). The summed E-state index contributed by atoms with van der Waals surface area (Å²) in [6.45, 7) is 0.000490. The molecule has 0 fully saturated rings. The maximum Gasteiger partial charge on any atom is 0.335 e. The summed E-state index contributed by atoms with van der Waals surface area (Å²) >= 11 is 0. The molecule has 0 aliphatic rings. The van der Waals surface area contributed by atoms with Gasteiger partial charge >= 0.3 is 5.97 Å². The Morgan fingerprint density at radius 3 is 2.53 bits per heavy atom. The van der Waals surface area contributed by atoms with Crippen molar-refractivity contribution in [3.8, 4) is 0 Å².